The number of allylic oxidation sites excluding steroid dienone is 1. The minimum absolute atomic E-state index is 0.620. The second-order valence-corrected chi connectivity index (χ2v) is 4.94. The Hall–Kier alpha value is -3.27. The molecule has 2 atom stereocenters. The number of hydrogen-bond acceptors (Lipinski definition) is 10. The lowest BCUT2D eigenvalue weighted by Crippen LogP contribution is -2.55. The third kappa shape index (κ3) is 2.38. The van der Waals surface area contributed by atoms with E-state index in [9.17, 15) is 48.3 Å². The van der Waals surface area contributed by atoms with Gasteiger partial charge in [0.1, 0.15) is 6.10 Å². The molecule has 0 aromatic rings. The normalized spacial score (nSPS) is 24.0. The fraction of sp³-hybridized carbons (Fsp3) is 0.214. The van der Waals surface area contributed by atoms with Crippen LogP contribution < -0.4 is 0 Å². The molecule has 24 heavy (non-hydrogen) atoms. The third-order valence-corrected chi connectivity index (χ3v) is 3.51. The molecule has 2 aliphatic carbocycles. The minimum Gasteiger partial charge on any atom is -0.384 e. The van der Waals surface area contributed by atoms with E-state index in [1.165, 1.54) is 0 Å². The molecule has 1 saturated carbocycles. The number of rotatable bonds is 3. The van der Waals surface area contributed by atoms with Gasteiger partial charge in [-0.05, 0) is 6.08 Å². The second kappa shape index (κ2) is 5.74. The minimum atomic E-state index is -2.56. The third-order valence-electron chi connectivity index (χ3n) is 3.51. The maximum Gasteiger partial charge on any atom is 0.280 e. The maximum atomic E-state index is 12.1. The van der Waals surface area contributed by atoms with Gasteiger partial charge in [-0.25, -0.2) is 0 Å². The average molecular weight is 334 g/mol. The summed E-state index contributed by atoms with van der Waals surface area (Å²) in [4.78, 5) is 103. The number of hydrogen-bond donors (Lipinski definition) is 1. The highest BCUT2D eigenvalue weighted by molar-refractivity contribution is 6.93. The Bertz CT molecular complexity index is 781. The first-order valence-corrected chi connectivity index (χ1v) is 6.33. The predicted molar refractivity (Wildman–Crippen MR) is 67.2 cm³/mol. The molecule has 0 amide bonds. The Morgan fingerprint density at radius 3 is 1.79 bits per heavy atom. The first-order chi connectivity index (χ1) is 11.1. The lowest BCUT2D eigenvalue weighted by atomic mass is 9.76. The molecule has 10 nitrogen and oxygen atoms in total. The Morgan fingerprint density at radius 2 is 1.29 bits per heavy atom. The van der Waals surface area contributed by atoms with Crippen LogP contribution in [0.15, 0.2) is 12.2 Å². The summed E-state index contributed by atoms with van der Waals surface area (Å²) >= 11 is 0. The Kier molecular flexibility index (Phi) is 4.09. The van der Waals surface area contributed by atoms with E-state index in [1.807, 2.05) is 0 Å². The first kappa shape index (κ1) is 17.1. The summed E-state index contributed by atoms with van der Waals surface area (Å²) in [5.74, 6) is -19.5. The highest BCUT2D eigenvalue weighted by Crippen LogP contribution is 2.20. The monoisotopic (exact) mass is 334 g/mol. The highest BCUT2D eigenvalue weighted by Gasteiger charge is 2.54. The summed E-state index contributed by atoms with van der Waals surface area (Å²) in [6.07, 6.45) is -1.09. The number of aliphatic hydroxyl groups is 1. The predicted octanol–water partition coefficient (Wildman–Crippen LogP) is -3.71. The number of ketones is 9. The van der Waals surface area contributed by atoms with Crippen molar-refractivity contribution >= 4 is 52.0 Å². The molecule has 0 aromatic heterocycles. The molecule has 0 aliphatic heterocycles. The molecular formula is C14H6O10. The van der Waals surface area contributed by atoms with Crippen LogP contribution in [0.1, 0.15) is 0 Å². The molecule has 0 radical (unpaired) electrons. The number of carbonyl (C=O) groups excluding carboxylic acids is 9. The van der Waals surface area contributed by atoms with Crippen molar-refractivity contribution in [1.29, 1.82) is 0 Å². The lowest BCUT2D eigenvalue weighted by Gasteiger charge is -2.23. The van der Waals surface area contributed by atoms with E-state index in [4.69, 9.17) is 0 Å². The van der Waals surface area contributed by atoms with Crippen LogP contribution in [-0.4, -0.2) is 63.3 Å². The van der Waals surface area contributed by atoms with E-state index in [1.54, 1.807) is 0 Å². The standard InChI is InChI=1S/C14H6O10/c15-4-2-1-3(6(16)8(4)18)7(17)9(19)5-10(20)12(22)14(24)13(23)11(5)21/h1-3,5,7,17H. The molecule has 0 spiro atoms. The SMILES string of the molecule is O=C1C=CC(C(O)C(=O)C2C(=O)C(=O)C(=O)C(=O)C2=O)C(=O)C1=O. The summed E-state index contributed by atoms with van der Waals surface area (Å²) in [7, 11) is 0. The van der Waals surface area contributed by atoms with Gasteiger partial charge in [0.25, 0.3) is 23.1 Å². The van der Waals surface area contributed by atoms with E-state index >= 15 is 0 Å². The van der Waals surface area contributed by atoms with E-state index < -0.39 is 70.0 Å². The summed E-state index contributed by atoms with van der Waals surface area (Å²) in [5.41, 5.74) is 0. The molecule has 2 unspecified atom stereocenters. The van der Waals surface area contributed by atoms with Crippen molar-refractivity contribution in [3.8, 4) is 0 Å². The van der Waals surface area contributed by atoms with E-state index in [-0.39, 0.29) is 0 Å². The van der Waals surface area contributed by atoms with E-state index in [0.717, 1.165) is 6.08 Å². The van der Waals surface area contributed by atoms with Crippen LogP contribution in [-0.2, 0) is 43.2 Å². The molecular weight excluding hydrogens is 328 g/mol. The van der Waals surface area contributed by atoms with Gasteiger partial charge in [0.15, 0.2) is 11.7 Å². The quantitative estimate of drug-likeness (QED) is 0.399. The van der Waals surface area contributed by atoms with Crippen LogP contribution in [0, 0.1) is 11.8 Å². The molecule has 2 aliphatic rings. The lowest BCUT2D eigenvalue weighted by molar-refractivity contribution is -0.161. The first-order valence-electron chi connectivity index (χ1n) is 6.33. The molecule has 0 aromatic carbocycles. The zero-order chi connectivity index (χ0) is 18.3. The topological polar surface area (TPSA) is 174 Å². The maximum absolute atomic E-state index is 12.1. The van der Waals surface area contributed by atoms with Gasteiger partial charge < -0.3 is 5.11 Å². The second-order valence-electron chi connectivity index (χ2n) is 4.94. The van der Waals surface area contributed by atoms with Gasteiger partial charge in [0.2, 0.25) is 23.1 Å². The summed E-state index contributed by atoms with van der Waals surface area (Å²) in [6, 6.07) is 0. The zero-order valence-corrected chi connectivity index (χ0v) is 11.5. The fourth-order valence-electron chi connectivity index (χ4n) is 2.19. The van der Waals surface area contributed by atoms with Crippen LogP contribution >= 0.6 is 0 Å². The molecule has 122 valence electrons. The van der Waals surface area contributed by atoms with Crippen molar-refractivity contribution in [2.45, 2.75) is 6.10 Å². The van der Waals surface area contributed by atoms with Crippen LogP contribution in [0.25, 0.3) is 0 Å². The number of carbonyl (C=O) groups is 9. The van der Waals surface area contributed by atoms with Crippen molar-refractivity contribution in [3.05, 3.63) is 12.2 Å². The van der Waals surface area contributed by atoms with Crippen molar-refractivity contribution < 1.29 is 48.3 Å². The smallest absolute Gasteiger partial charge is 0.280 e. The molecule has 0 saturated heterocycles. The van der Waals surface area contributed by atoms with Gasteiger partial charge in [-0.3, -0.25) is 43.2 Å². The number of Topliss-reactive ketones (excluding diaryl/α,β-unsaturated/α-hetero) is 8. The Balaban J connectivity index is 2.36. The molecule has 10 heteroatoms. The molecule has 0 heterocycles. The van der Waals surface area contributed by atoms with Crippen LogP contribution in [0.4, 0.5) is 0 Å². The fourth-order valence-corrected chi connectivity index (χ4v) is 2.19. The highest BCUT2D eigenvalue weighted by atomic mass is 16.3. The van der Waals surface area contributed by atoms with Crippen LogP contribution in [0.2, 0.25) is 0 Å². The van der Waals surface area contributed by atoms with Gasteiger partial charge in [-0.2, -0.15) is 0 Å². The molecule has 2 rings (SSSR count). The average Bonchev–Trinajstić information content (AvgIpc) is 2.55. The van der Waals surface area contributed by atoms with Gasteiger partial charge in [-0.1, -0.05) is 6.08 Å². The Labute approximate surface area is 131 Å². The summed E-state index contributed by atoms with van der Waals surface area (Å²) < 4.78 is 0. The van der Waals surface area contributed by atoms with Crippen molar-refractivity contribution in [2.75, 3.05) is 0 Å². The van der Waals surface area contributed by atoms with Crippen molar-refractivity contribution in [1.82, 2.24) is 0 Å². The molecule has 0 bridgehead atoms. The zero-order valence-electron chi connectivity index (χ0n) is 11.5. The van der Waals surface area contributed by atoms with Crippen molar-refractivity contribution in [3.63, 3.8) is 0 Å². The summed E-state index contributed by atoms with van der Waals surface area (Å²) in [5, 5.41) is 9.85. The van der Waals surface area contributed by atoms with E-state index in [2.05, 4.69) is 0 Å². The Morgan fingerprint density at radius 1 is 0.792 bits per heavy atom. The van der Waals surface area contributed by atoms with Crippen LogP contribution in [0.5, 0.6) is 0 Å². The van der Waals surface area contributed by atoms with Crippen LogP contribution in [0.3, 0.4) is 0 Å². The largest absolute Gasteiger partial charge is 0.384 e. The van der Waals surface area contributed by atoms with E-state index in [0.29, 0.717) is 6.08 Å². The molecule has 1 N–H and O–H groups in total. The van der Waals surface area contributed by atoms with Crippen molar-refractivity contribution in [2.24, 2.45) is 11.8 Å². The number of aliphatic hydroxyl groups excluding tert-OH is 1. The summed E-state index contributed by atoms with van der Waals surface area (Å²) in [6.45, 7) is 0. The van der Waals surface area contributed by atoms with Gasteiger partial charge in [-0.15, -0.1) is 0 Å². The van der Waals surface area contributed by atoms with Gasteiger partial charge in [0, 0.05) is 0 Å². The molecule has 1 fully saturated rings. The van der Waals surface area contributed by atoms with Gasteiger partial charge in [0.05, 0.1) is 5.92 Å². The van der Waals surface area contributed by atoms with Gasteiger partial charge >= 0.3 is 0 Å².